The molecule has 2 rings (SSSR count). The van der Waals surface area contributed by atoms with E-state index in [9.17, 15) is 0 Å². The van der Waals surface area contributed by atoms with Gasteiger partial charge in [-0.05, 0) is 50.9 Å². The van der Waals surface area contributed by atoms with Crippen molar-refractivity contribution in [3.8, 4) is 0 Å². The molecule has 1 aromatic carbocycles. The van der Waals surface area contributed by atoms with Crippen LogP contribution in [0.2, 0.25) is 5.15 Å². The molecule has 0 aliphatic heterocycles. The van der Waals surface area contributed by atoms with Crippen LogP contribution in [-0.2, 0) is 0 Å². The molecule has 0 spiro atoms. The normalized spacial score (nSPS) is 12.1. The summed E-state index contributed by atoms with van der Waals surface area (Å²) in [5.41, 5.74) is 2.05. The van der Waals surface area contributed by atoms with Gasteiger partial charge in [0.2, 0.25) is 0 Å². The van der Waals surface area contributed by atoms with Gasteiger partial charge in [-0.25, -0.2) is 4.99 Å². The van der Waals surface area contributed by atoms with E-state index in [0.717, 1.165) is 14.8 Å². The van der Waals surface area contributed by atoms with E-state index in [-0.39, 0.29) is 0 Å². The Kier molecular flexibility index (Phi) is 3.56. The molecule has 6 heteroatoms. The lowest BCUT2D eigenvalue weighted by molar-refractivity contribution is 1.33. The van der Waals surface area contributed by atoms with Gasteiger partial charge in [-0.15, -0.1) is 0 Å². The highest BCUT2D eigenvalue weighted by atomic mass is 79.9. The second-order valence-corrected chi connectivity index (χ2v) is 5.96. The fraction of sp³-hybridized carbons (Fsp3) is 0.111. The molecule has 0 N–H and O–H groups in total. The Morgan fingerprint density at radius 2 is 2.27 bits per heavy atom. The van der Waals surface area contributed by atoms with E-state index in [0.29, 0.717) is 5.15 Å². The number of hydrogen-bond acceptors (Lipinski definition) is 4. The van der Waals surface area contributed by atoms with Gasteiger partial charge in [-0.3, -0.25) is 0 Å². The summed E-state index contributed by atoms with van der Waals surface area (Å²) in [6, 6.07) is 6.01. The summed E-state index contributed by atoms with van der Waals surface area (Å²) in [6.45, 7) is 2.03. The van der Waals surface area contributed by atoms with Crippen molar-refractivity contribution in [1.82, 2.24) is 4.37 Å². The van der Waals surface area contributed by atoms with Crippen molar-refractivity contribution in [3.05, 3.63) is 38.1 Å². The molecule has 78 valence electrons. The molecule has 0 atom stereocenters. The Morgan fingerprint density at radius 1 is 1.47 bits per heavy atom. The summed E-state index contributed by atoms with van der Waals surface area (Å²) in [5, 5.41) is 0.471. The molecule has 0 saturated heterocycles. The minimum absolute atomic E-state index is 0.471. The number of aromatic nitrogens is 1. The van der Waals surface area contributed by atoms with Crippen LogP contribution in [0.25, 0.3) is 0 Å². The van der Waals surface area contributed by atoms with Gasteiger partial charge in [0.05, 0.1) is 5.69 Å². The van der Waals surface area contributed by atoms with Crippen molar-refractivity contribution in [2.24, 2.45) is 4.99 Å². The molecule has 0 saturated carbocycles. The lowest BCUT2D eigenvalue weighted by atomic mass is 10.2. The highest BCUT2D eigenvalue weighted by Gasteiger charge is 2.01. The van der Waals surface area contributed by atoms with Crippen molar-refractivity contribution >= 4 is 54.1 Å². The Hall–Kier alpha value is -0.230. The maximum absolute atomic E-state index is 5.88. The van der Waals surface area contributed by atoms with Crippen LogP contribution < -0.4 is 4.67 Å². The first-order valence-electron chi connectivity index (χ1n) is 4.09. The summed E-state index contributed by atoms with van der Waals surface area (Å²) in [7, 11) is 2.82. The number of nitrogens with zero attached hydrogens (tertiary/aromatic N) is 2. The maximum atomic E-state index is 5.88. The summed E-state index contributed by atoms with van der Waals surface area (Å²) < 4.78 is 5.70. The standard InChI is InChI=1S/C9H6BrClN2S2/c1-5-2-3-6(10)7(4-5)12-9-8(11)13-15-14-9/h2-4H,1H3/b12-9-. The first-order chi connectivity index (χ1) is 7.16. The monoisotopic (exact) mass is 320 g/mol. The predicted octanol–water partition coefficient (Wildman–Crippen LogP) is 4.16. The van der Waals surface area contributed by atoms with E-state index in [1.54, 1.807) is 0 Å². The quantitative estimate of drug-likeness (QED) is 0.724. The van der Waals surface area contributed by atoms with Crippen molar-refractivity contribution < 1.29 is 0 Å². The minimum atomic E-state index is 0.471. The summed E-state index contributed by atoms with van der Waals surface area (Å²) in [5.74, 6) is 0. The van der Waals surface area contributed by atoms with Crippen molar-refractivity contribution in [2.75, 3.05) is 0 Å². The van der Waals surface area contributed by atoms with E-state index in [1.807, 2.05) is 25.1 Å². The van der Waals surface area contributed by atoms with Gasteiger partial charge in [0.25, 0.3) is 0 Å². The third-order valence-corrected chi connectivity index (χ3v) is 4.58. The number of benzene rings is 1. The third kappa shape index (κ3) is 2.66. The molecule has 2 aromatic rings. The van der Waals surface area contributed by atoms with Crippen LogP contribution in [0.5, 0.6) is 0 Å². The van der Waals surface area contributed by atoms with Crippen LogP contribution in [0, 0.1) is 6.92 Å². The number of aryl methyl sites for hydroxylation is 1. The number of halogens is 2. The van der Waals surface area contributed by atoms with Crippen molar-refractivity contribution in [1.29, 1.82) is 0 Å². The largest absolute Gasteiger partial charge is 0.233 e. The molecule has 15 heavy (non-hydrogen) atoms. The molecule has 0 fully saturated rings. The molecule has 0 unspecified atom stereocenters. The van der Waals surface area contributed by atoms with Crippen LogP contribution in [0.15, 0.2) is 27.7 Å². The van der Waals surface area contributed by atoms with Gasteiger partial charge in [-0.2, -0.15) is 4.37 Å². The average molecular weight is 322 g/mol. The summed E-state index contributed by atoms with van der Waals surface area (Å²) >= 11 is 9.33. The topological polar surface area (TPSA) is 25.2 Å². The fourth-order valence-corrected chi connectivity index (χ4v) is 3.36. The molecule has 0 radical (unpaired) electrons. The molecular weight excluding hydrogens is 316 g/mol. The average Bonchev–Trinajstić information content (AvgIpc) is 2.58. The second kappa shape index (κ2) is 4.74. The van der Waals surface area contributed by atoms with Crippen LogP contribution in [0.3, 0.4) is 0 Å². The SMILES string of the molecule is Cc1ccc(Br)c(/N=c2\ssnc2Cl)c1. The minimum Gasteiger partial charge on any atom is -0.233 e. The Balaban J connectivity index is 2.57. The van der Waals surface area contributed by atoms with Gasteiger partial charge in [0.1, 0.15) is 0 Å². The van der Waals surface area contributed by atoms with Gasteiger partial charge >= 0.3 is 0 Å². The van der Waals surface area contributed by atoms with Gasteiger partial charge in [0.15, 0.2) is 9.82 Å². The van der Waals surface area contributed by atoms with E-state index in [4.69, 9.17) is 11.6 Å². The molecule has 2 nitrogen and oxygen atoms in total. The van der Waals surface area contributed by atoms with Crippen molar-refractivity contribution in [3.63, 3.8) is 0 Å². The van der Waals surface area contributed by atoms with Crippen molar-refractivity contribution in [2.45, 2.75) is 6.92 Å². The maximum Gasteiger partial charge on any atom is 0.179 e. The molecular formula is C9H6BrClN2S2. The molecule has 1 heterocycles. The van der Waals surface area contributed by atoms with Crippen LogP contribution in [0.1, 0.15) is 5.56 Å². The number of rotatable bonds is 1. The Labute approximate surface area is 108 Å². The smallest absolute Gasteiger partial charge is 0.179 e. The summed E-state index contributed by atoms with van der Waals surface area (Å²) in [6.07, 6.45) is 0. The molecule has 0 aliphatic carbocycles. The van der Waals surface area contributed by atoms with E-state index in [2.05, 4.69) is 25.3 Å². The molecule has 0 aliphatic rings. The summed E-state index contributed by atoms with van der Waals surface area (Å²) in [4.78, 5) is 4.45. The first-order valence-corrected chi connectivity index (χ1v) is 7.37. The first kappa shape index (κ1) is 11.3. The second-order valence-electron chi connectivity index (χ2n) is 2.91. The zero-order valence-corrected chi connectivity index (χ0v) is 11.7. The van der Waals surface area contributed by atoms with E-state index < -0.39 is 0 Å². The third-order valence-electron chi connectivity index (χ3n) is 1.73. The van der Waals surface area contributed by atoms with E-state index in [1.165, 1.54) is 26.4 Å². The molecule has 0 amide bonds. The Bertz CT molecular complexity index is 547. The highest BCUT2D eigenvalue weighted by molar-refractivity contribution is 9.10. The fourth-order valence-electron chi connectivity index (χ4n) is 1.04. The Morgan fingerprint density at radius 3 is 2.93 bits per heavy atom. The van der Waals surface area contributed by atoms with Crippen LogP contribution >= 0.6 is 48.4 Å². The lowest BCUT2D eigenvalue weighted by Crippen LogP contribution is -1.92. The predicted molar refractivity (Wildman–Crippen MR) is 69.1 cm³/mol. The number of hydrogen-bond donors (Lipinski definition) is 0. The van der Waals surface area contributed by atoms with Gasteiger partial charge < -0.3 is 0 Å². The molecule has 1 aromatic heterocycles. The zero-order valence-electron chi connectivity index (χ0n) is 7.70. The highest BCUT2D eigenvalue weighted by Crippen LogP contribution is 2.26. The van der Waals surface area contributed by atoms with Crippen LogP contribution in [-0.4, -0.2) is 4.37 Å². The molecule has 0 bridgehead atoms. The van der Waals surface area contributed by atoms with E-state index >= 15 is 0 Å². The van der Waals surface area contributed by atoms with Gasteiger partial charge in [-0.1, -0.05) is 17.7 Å². The van der Waals surface area contributed by atoms with Crippen LogP contribution in [0.4, 0.5) is 5.69 Å². The lowest BCUT2D eigenvalue weighted by Gasteiger charge is -1.98. The van der Waals surface area contributed by atoms with Gasteiger partial charge in [0, 0.05) is 15.0 Å². The zero-order chi connectivity index (χ0) is 10.8.